The topological polar surface area (TPSA) is 51.7 Å². The number of amides is 1. The highest BCUT2D eigenvalue weighted by molar-refractivity contribution is 5.97. The Morgan fingerprint density at radius 1 is 1.16 bits per heavy atom. The largest absolute Gasteiger partial charge is 0.486 e. The van der Waals surface area contributed by atoms with Crippen LogP contribution in [0.3, 0.4) is 0 Å². The van der Waals surface area contributed by atoms with Crippen molar-refractivity contribution in [2.24, 2.45) is 0 Å². The molecule has 126 valence electrons. The molecule has 4 rings (SSSR count). The van der Waals surface area contributed by atoms with Gasteiger partial charge in [0.15, 0.2) is 17.6 Å². The van der Waals surface area contributed by atoms with E-state index in [9.17, 15) is 4.79 Å². The summed E-state index contributed by atoms with van der Waals surface area (Å²) in [5, 5.41) is 0.952. The number of para-hydroxylation sites is 2. The lowest BCUT2D eigenvalue weighted by atomic mass is 10.1. The summed E-state index contributed by atoms with van der Waals surface area (Å²) in [6.07, 6.45) is 1.56. The summed E-state index contributed by atoms with van der Waals surface area (Å²) < 4.78 is 11.6. The minimum atomic E-state index is -0.189. The van der Waals surface area contributed by atoms with Crippen molar-refractivity contribution < 1.29 is 14.3 Å². The molecular formula is C20H18N2O3. The number of ether oxygens (including phenoxy) is 2. The molecule has 1 aliphatic rings. The molecule has 0 saturated heterocycles. The van der Waals surface area contributed by atoms with Crippen molar-refractivity contribution in [1.29, 1.82) is 0 Å². The van der Waals surface area contributed by atoms with Gasteiger partial charge in [0.25, 0.3) is 5.91 Å². The van der Waals surface area contributed by atoms with E-state index in [0.29, 0.717) is 18.7 Å². The van der Waals surface area contributed by atoms with E-state index in [4.69, 9.17) is 9.47 Å². The molecule has 5 nitrogen and oxygen atoms in total. The van der Waals surface area contributed by atoms with Crippen LogP contribution in [0.5, 0.6) is 11.5 Å². The zero-order valence-corrected chi connectivity index (χ0v) is 13.9. The molecule has 2 heterocycles. The number of hydrogen-bond acceptors (Lipinski definition) is 4. The summed E-state index contributed by atoms with van der Waals surface area (Å²) in [6, 6.07) is 16.9. The molecular weight excluding hydrogens is 316 g/mol. The molecule has 3 aromatic rings. The predicted octanol–water partition coefficient (Wildman–Crippen LogP) is 3.15. The second-order valence-corrected chi connectivity index (χ2v) is 6.09. The minimum Gasteiger partial charge on any atom is -0.486 e. The lowest BCUT2D eigenvalue weighted by molar-refractivity contribution is 0.0521. The highest BCUT2D eigenvalue weighted by atomic mass is 16.6. The van der Waals surface area contributed by atoms with Crippen LogP contribution in [0.1, 0.15) is 10.4 Å². The molecule has 5 heteroatoms. The normalized spacial score (nSPS) is 15.8. The van der Waals surface area contributed by atoms with E-state index >= 15 is 0 Å². The second-order valence-electron chi connectivity index (χ2n) is 6.09. The average Bonchev–Trinajstić information content (AvgIpc) is 2.67. The van der Waals surface area contributed by atoms with Crippen LogP contribution in [0.2, 0.25) is 0 Å². The number of carbonyl (C=O) groups is 1. The number of pyridine rings is 1. The van der Waals surface area contributed by atoms with Crippen LogP contribution in [0.15, 0.2) is 60.8 Å². The Hall–Kier alpha value is -3.08. The Kier molecular flexibility index (Phi) is 3.98. The summed E-state index contributed by atoms with van der Waals surface area (Å²) in [5.74, 6) is 1.42. The van der Waals surface area contributed by atoms with Crippen LogP contribution in [0.25, 0.3) is 10.9 Å². The van der Waals surface area contributed by atoms with Crippen LogP contribution in [0.4, 0.5) is 0 Å². The van der Waals surface area contributed by atoms with E-state index in [1.54, 1.807) is 18.1 Å². The van der Waals surface area contributed by atoms with Gasteiger partial charge in [-0.05, 0) is 36.4 Å². The third kappa shape index (κ3) is 3.13. The fourth-order valence-corrected chi connectivity index (χ4v) is 2.97. The first-order valence-electron chi connectivity index (χ1n) is 8.19. The zero-order chi connectivity index (χ0) is 17.2. The second kappa shape index (κ2) is 6.43. The van der Waals surface area contributed by atoms with Gasteiger partial charge >= 0.3 is 0 Å². The Labute approximate surface area is 145 Å². The molecule has 0 bridgehead atoms. The van der Waals surface area contributed by atoms with Crippen molar-refractivity contribution in [1.82, 2.24) is 9.88 Å². The molecule has 0 spiro atoms. The van der Waals surface area contributed by atoms with E-state index in [1.807, 2.05) is 54.6 Å². The van der Waals surface area contributed by atoms with Gasteiger partial charge in [-0.15, -0.1) is 0 Å². The summed E-state index contributed by atoms with van der Waals surface area (Å²) in [7, 11) is 1.78. The molecule has 1 unspecified atom stereocenters. The maximum absolute atomic E-state index is 12.7. The molecule has 0 radical (unpaired) electrons. The van der Waals surface area contributed by atoms with E-state index in [1.165, 1.54) is 0 Å². The maximum atomic E-state index is 12.7. The van der Waals surface area contributed by atoms with Crippen LogP contribution >= 0.6 is 0 Å². The van der Waals surface area contributed by atoms with E-state index in [2.05, 4.69) is 4.98 Å². The molecule has 0 fully saturated rings. The van der Waals surface area contributed by atoms with Crippen LogP contribution in [-0.4, -0.2) is 42.1 Å². The molecule has 1 amide bonds. The zero-order valence-electron chi connectivity index (χ0n) is 13.9. The predicted molar refractivity (Wildman–Crippen MR) is 95.1 cm³/mol. The van der Waals surface area contributed by atoms with Crippen molar-refractivity contribution in [3.63, 3.8) is 0 Å². The van der Waals surface area contributed by atoms with Gasteiger partial charge in [0, 0.05) is 24.2 Å². The lowest BCUT2D eigenvalue weighted by Crippen LogP contribution is -2.41. The SMILES string of the molecule is CN(CC1COc2ccccc2O1)C(=O)c1ccc2ncccc2c1. The van der Waals surface area contributed by atoms with Crippen LogP contribution in [-0.2, 0) is 0 Å². The Morgan fingerprint density at radius 2 is 2.00 bits per heavy atom. The molecule has 0 N–H and O–H groups in total. The van der Waals surface area contributed by atoms with Gasteiger partial charge in [-0.1, -0.05) is 18.2 Å². The van der Waals surface area contributed by atoms with Crippen molar-refractivity contribution >= 4 is 16.8 Å². The van der Waals surface area contributed by atoms with Crippen molar-refractivity contribution in [2.45, 2.75) is 6.10 Å². The van der Waals surface area contributed by atoms with E-state index in [0.717, 1.165) is 22.4 Å². The minimum absolute atomic E-state index is 0.0480. The molecule has 1 atom stereocenters. The first kappa shape index (κ1) is 15.4. The summed E-state index contributed by atoms with van der Waals surface area (Å²) in [5.41, 5.74) is 1.52. The number of carbonyl (C=O) groups excluding carboxylic acids is 1. The van der Waals surface area contributed by atoms with Gasteiger partial charge in [0.05, 0.1) is 12.1 Å². The van der Waals surface area contributed by atoms with Gasteiger partial charge in [-0.2, -0.15) is 0 Å². The fourth-order valence-electron chi connectivity index (χ4n) is 2.97. The third-order valence-corrected chi connectivity index (χ3v) is 4.24. The summed E-state index contributed by atoms with van der Waals surface area (Å²) in [4.78, 5) is 18.7. The number of nitrogens with zero attached hydrogens (tertiary/aromatic N) is 2. The van der Waals surface area contributed by atoms with Gasteiger partial charge < -0.3 is 14.4 Å². The van der Waals surface area contributed by atoms with Gasteiger partial charge in [0.2, 0.25) is 0 Å². The van der Waals surface area contributed by atoms with Gasteiger partial charge in [-0.25, -0.2) is 0 Å². The Balaban J connectivity index is 1.47. The van der Waals surface area contributed by atoms with E-state index < -0.39 is 0 Å². The smallest absolute Gasteiger partial charge is 0.253 e. The van der Waals surface area contributed by atoms with Gasteiger partial charge in [-0.3, -0.25) is 9.78 Å². The molecule has 1 aliphatic heterocycles. The maximum Gasteiger partial charge on any atom is 0.253 e. The van der Waals surface area contributed by atoms with Crippen molar-refractivity contribution in [2.75, 3.05) is 20.2 Å². The number of aromatic nitrogens is 1. The molecule has 0 aliphatic carbocycles. The Morgan fingerprint density at radius 3 is 2.88 bits per heavy atom. The quantitative estimate of drug-likeness (QED) is 0.738. The Bertz CT molecular complexity index is 925. The number of benzene rings is 2. The molecule has 0 saturated carbocycles. The molecule has 1 aromatic heterocycles. The van der Waals surface area contributed by atoms with Crippen LogP contribution in [0, 0.1) is 0 Å². The third-order valence-electron chi connectivity index (χ3n) is 4.24. The average molecular weight is 334 g/mol. The first-order chi connectivity index (χ1) is 12.2. The number of hydrogen-bond donors (Lipinski definition) is 0. The number of rotatable bonds is 3. The monoisotopic (exact) mass is 334 g/mol. The molecule has 25 heavy (non-hydrogen) atoms. The highest BCUT2D eigenvalue weighted by Crippen LogP contribution is 2.31. The standard InChI is InChI=1S/C20H18N2O3/c1-22(12-16-13-24-18-6-2-3-7-19(18)25-16)20(23)15-8-9-17-14(11-15)5-4-10-21-17/h2-11,16H,12-13H2,1H3. The van der Waals surface area contributed by atoms with Crippen LogP contribution < -0.4 is 9.47 Å². The lowest BCUT2D eigenvalue weighted by Gasteiger charge is -2.29. The fraction of sp³-hybridized carbons (Fsp3) is 0.200. The number of likely N-dealkylation sites (N-methyl/N-ethyl adjacent to an activating group) is 1. The van der Waals surface area contributed by atoms with Crippen molar-refractivity contribution in [3.8, 4) is 11.5 Å². The summed E-state index contributed by atoms with van der Waals surface area (Å²) >= 11 is 0. The number of fused-ring (bicyclic) bond motifs is 2. The highest BCUT2D eigenvalue weighted by Gasteiger charge is 2.24. The van der Waals surface area contributed by atoms with Crippen molar-refractivity contribution in [3.05, 3.63) is 66.4 Å². The van der Waals surface area contributed by atoms with E-state index in [-0.39, 0.29) is 12.0 Å². The van der Waals surface area contributed by atoms with Gasteiger partial charge in [0.1, 0.15) is 6.61 Å². The molecule has 2 aromatic carbocycles. The first-order valence-corrected chi connectivity index (χ1v) is 8.19. The summed E-state index contributed by atoms with van der Waals surface area (Å²) in [6.45, 7) is 0.883.